The smallest absolute Gasteiger partial charge is 0.244 e. The van der Waals surface area contributed by atoms with Crippen LogP contribution >= 0.6 is 0 Å². The molecule has 1 aliphatic rings. The summed E-state index contributed by atoms with van der Waals surface area (Å²) < 4.78 is 31.0. The van der Waals surface area contributed by atoms with Crippen molar-refractivity contribution >= 4 is 39.0 Å². The Bertz CT molecular complexity index is 1400. The lowest BCUT2D eigenvalue weighted by atomic mass is 10.1. The minimum Gasteiger partial charge on any atom is -0.378 e. The number of hydrogen-bond donors (Lipinski definition) is 2. The molecule has 0 radical (unpaired) electrons. The van der Waals surface area contributed by atoms with Gasteiger partial charge in [-0.1, -0.05) is 0 Å². The number of ether oxygens (including phenoxy) is 1. The first-order chi connectivity index (χ1) is 17.1. The third kappa shape index (κ3) is 6.23. The summed E-state index contributed by atoms with van der Waals surface area (Å²) in [6, 6.07) is 6.55. The molecule has 13 heteroatoms. The Kier molecular flexibility index (Phi) is 7.31. The van der Waals surface area contributed by atoms with Crippen LogP contribution in [0.2, 0.25) is 0 Å². The SMILES string of the molecule is CC(=O)Nc1cc(Nc2cc(C)cc(S(C)(=O)=O)n2)c(-c2ccn(CC(=O)N3CCOCC3)n2)cn1. The maximum absolute atomic E-state index is 12.6. The number of anilines is 3. The van der Waals surface area contributed by atoms with Gasteiger partial charge in [0.2, 0.25) is 11.8 Å². The fourth-order valence-corrected chi connectivity index (χ4v) is 4.35. The molecule has 2 amide bonds. The third-order valence-electron chi connectivity index (χ3n) is 5.37. The maximum Gasteiger partial charge on any atom is 0.244 e. The van der Waals surface area contributed by atoms with Crippen LogP contribution in [0, 0.1) is 6.92 Å². The van der Waals surface area contributed by atoms with E-state index in [9.17, 15) is 18.0 Å². The standard InChI is InChI=1S/C23H27N7O5S/c1-15-10-21(27-22(11-15)36(3,33)34)26-19-12-20(25-16(2)31)24-13-17(19)18-4-5-30(28-18)14-23(32)29-6-8-35-9-7-29/h4-5,10-13H,6-9,14H2,1-3H3,(H2,24,25,26,27,31). The summed E-state index contributed by atoms with van der Waals surface area (Å²) in [5.41, 5.74) is 2.31. The molecule has 3 aromatic rings. The highest BCUT2D eigenvalue weighted by molar-refractivity contribution is 7.90. The second kappa shape index (κ2) is 10.4. The second-order valence-corrected chi connectivity index (χ2v) is 10.4. The van der Waals surface area contributed by atoms with Crippen LogP contribution in [0.4, 0.5) is 17.3 Å². The molecular weight excluding hydrogens is 486 g/mol. The number of carbonyl (C=O) groups is 2. The van der Waals surface area contributed by atoms with Crippen molar-refractivity contribution in [3.8, 4) is 11.3 Å². The summed E-state index contributed by atoms with van der Waals surface area (Å²) in [6.07, 6.45) is 4.33. The van der Waals surface area contributed by atoms with Crippen LogP contribution in [0.5, 0.6) is 0 Å². The van der Waals surface area contributed by atoms with E-state index >= 15 is 0 Å². The van der Waals surface area contributed by atoms with Crippen molar-refractivity contribution in [1.82, 2.24) is 24.6 Å². The highest BCUT2D eigenvalue weighted by Crippen LogP contribution is 2.31. The first-order valence-corrected chi connectivity index (χ1v) is 13.1. The molecule has 1 aliphatic heterocycles. The van der Waals surface area contributed by atoms with Gasteiger partial charge in [0.25, 0.3) is 0 Å². The van der Waals surface area contributed by atoms with Gasteiger partial charge in [0.05, 0.1) is 24.6 Å². The molecule has 0 bridgehead atoms. The first kappa shape index (κ1) is 25.3. The molecule has 12 nitrogen and oxygen atoms in total. The highest BCUT2D eigenvalue weighted by Gasteiger charge is 2.19. The van der Waals surface area contributed by atoms with Gasteiger partial charge in [-0.15, -0.1) is 0 Å². The number of aromatic nitrogens is 4. The third-order valence-corrected chi connectivity index (χ3v) is 6.34. The zero-order chi connectivity index (χ0) is 25.9. The van der Waals surface area contributed by atoms with Crippen molar-refractivity contribution in [2.24, 2.45) is 0 Å². The molecule has 0 unspecified atom stereocenters. The first-order valence-electron chi connectivity index (χ1n) is 11.2. The molecule has 0 aliphatic carbocycles. The number of sulfone groups is 1. The Hall–Kier alpha value is -3.84. The zero-order valence-electron chi connectivity index (χ0n) is 20.2. The van der Waals surface area contributed by atoms with E-state index in [1.165, 1.54) is 19.2 Å². The fraction of sp³-hybridized carbons (Fsp3) is 0.348. The Labute approximate surface area is 208 Å². The number of aryl methyl sites for hydroxylation is 1. The average Bonchev–Trinajstić information content (AvgIpc) is 3.26. The molecule has 0 aromatic carbocycles. The summed E-state index contributed by atoms with van der Waals surface area (Å²) >= 11 is 0. The van der Waals surface area contributed by atoms with E-state index in [4.69, 9.17) is 4.74 Å². The number of carbonyl (C=O) groups excluding carboxylic acids is 2. The summed E-state index contributed by atoms with van der Waals surface area (Å²) in [6.45, 7) is 5.36. The molecule has 36 heavy (non-hydrogen) atoms. The van der Waals surface area contributed by atoms with Gasteiger partial charge in [0, 0.05) is 50.3 Å². The van der Waals surface area contributed by atoms with Gasteiger partial charge in [0.15, 0.2) is 14.9 Å². The van der Waals surface area contributed by atoms with Crippen LogP contribution < -0.4 is 10.6 Å². The Morgan fingerprint density at radius 1 is 1.14 bits per heavy atom. The molecule has 0 saturated carbocycles. The van der Waals surface area contributed by atoms with Crippen LogP contribution in [0.1, 0.15) is 12.5 Å². The normalized spacial score (nSPS) is 13.9. The highest BCUT2D eigenvalue weighted by atomic mass is 32.2. The van der Waals surface area contributed by atoms with E-state index in [1.54, 1.807) is 40.9 Å². The van der Waals surface area contributed by atoms with Crippen molar-refractivity contribution in [1.29, 1.82) is 0 Å². The minimum atomic E-state index is -3.52. The van der Waals surface area contributed by atoms with E-state index in [1.807, 2.05) is 0 Å². The number of amides is 2. The van der Waals surface area contributed by atoms with Gasteiger partial charge in [-0.05, 0) is 30.7 Å². The number of hydrogen-bond acceptors (Lipinski definition) is 9. The largest absolute Gasteiger partial charge is 0.378 e. The van der Waals surface area contributed by atoms with Crippen LogP contribution in [0.25, 0.3) is 11.3 Å². The number of pyridine rings is 2. The van der Waals surface area contributed by atoms with E-state index < -0.39 is 9.84 Å². The van der Waals surface area contributed by atoms with Crippen molar-refractivity contribution in [3.63, 3.8) is 0 Å². The number of nitrogens with one attached hydrogen (secondary N) is 2. The zero-order valence-corrected chi connectivity index (χ0v) is 21.0. The Morgan fingerprint density at radius 2 is 1.89 bits per heavy atom. The lowest BCUT2D eigenvalue weighted by Crippen LogP contribution is -2.42. The molecule has 190 valence electrons. The van der Waals surface area contributed by atoms with Crippen molar-refractivity contribution in [2.45, 2.75) is 25.4 Å². The van der Waals surface area contributed by atoms with Crippen molar-refractivity contribution in [2.75, 3.05) is 43.2 Å². The lowest BCUT2D eigenvalue weighted by Gasteiger charge is -2.26. The molecule has 1 fully saturated rings. The lowest BCUT2D eigenvalue weighted by molar-refractivity contribution is -0.136. The maximum atomic E-state index is 12.6. The number of morpholine rings is 1. The molecule has 0 atom stereocenters. The predicted molar refractivity (Wildman–Crippen MR) is 133 cm³/mol. The van der Waals surface area contributed by atoms with Gasteiger partial charge >= 0.3 is 0 Å². The van der Waals surface area contributed by atoms with Gasteiger partial charge in [-0.25, -0.2) is 18.4 Å². The molecular formula is C23H27N7O5S. The molecule has 1 saturated heterocycles. The van der Waals surface area contributed by atoms with E-state index in [0.717, 1.165) is 6.26 Å². The second-order valence-electron chi connectivity index (χ2n) is 8.45. The minimum absolute atomic E-state index is 0.0531. The van der Waals surface area contributed by atoms with Gasteiger partial charge < -0.3 is 20.3 Å². The summed E-state index contributed by atoms with van der Waals surface area (Å²) in [5.74, 6) is 0.257. The Balaban J connectivity index is 1.65. The molecule has 4 heterocycles. The van der Waals surface area contributed by atoms with E-state index in [0.29, 0.717) is 60.4 Å². The molecule has 2 N–H and O–H groups in total. The summed E-state index contributed by atoms with van der Waals surface area (Å²) in [4.78, 5) is 34.4. The van der Waals surface area contributed by atoms with E-state index in [2.05, 4.69) is 25.7 Å². The van der Waals surface area contributed by atoms with Gasteiger partial charge in [-0.2, -0.15) is 5.10 Å². The van der Waals surface area contributed by atoms with Crippen LogP contribution in [0.3, 0.4) is 0 Å². The van der Waals surface area contributed by atoms with Crippen LogP contribution in [-0.4, -0.2) is 77.4 Å². The summed E-state index contributed by atoms with van der Waals surface area (Å²) in [5, 5.41) is 10.2. The quantitative estimate of drug-likeness (QED) is 0.481. The fourth-order valence-electron chi connectivity index (χ4n) is 3.68. The van der Waals surface area contributed by atoms with Crippen molar-refractivity contribution in [3.05, 3.63) is 42.2 Å². The topological polar surface area (TPSA) is 148 Å². The average molecular weight is 514 g/mol. The Morgan fingerprint density at radius 3 is 2.58 bits per heavy atom. The summed E-state index contributed by atoms with van der Waals surface area (Å²) in [7, 11) is -3.52. The molecule has 4 rings (SSSR count). The molecule has 3 aromatic heterocycles. The monoisotopic (exact) mass is 513 g/mol. The predicted octanol–water partition coefficient (Wildman–Crippen LogP) is 1.61. The van der Waals surface area contributed by atoms with Crippen molar-refractivity contribution < 1.29 is 22.7 Å². The molecule has 0 spiro atoms. The van der Waals surface area contributed by atoms with Gasteiger partial charge in [-0.3, -0.25) is 14.3 Å². The number of rotatable bonds is 7. The van der Waals surface area contributed by atoms with E-state index in [-0.39, 0.29) is 23.4 Å². The van der Waals surface area contributed by atoms with Gasteiger partial charge in [0.1, 0.15) is 18.2 Å². The van der Waals surface area contributed by atoms with Crippen LogP contribution in [-0.2, 0) is 30.7 Å². The number of nitrogens with zero attached hydrogens (tertiary/aromatic N) is 5. The van der Waals surface area contributed by atoms with Crippen LogP contribution in [0.15, 0.2) is 41.7 Å².